The fourth-order valence-corrected chi connectivity index (χ4v) is 4.46. The summed E-state index contributed by atoms with van der Waals surface area (Å²) in [4.78, 5) is 15.2. The molecule has 3 aromatic rings. The number of carbonyl (C=O) groups excluding carboxylic acids is 1. The van der Waals surface area contributed by atoms with E-state index in [9.17, 15) is 13.2 Å². The molecule has 4 rings (SSSR count). The number of aryl methyl sites for hydroxylation is 1. The van der Waals surface area contributed by atoms with Gasteiger partial charge in [-0.25, -0.2) is 0 Å². The molecule has 0 saturated carbocycles. The van der Waals surface area contributed by atoms with Gasteiger partial charge in [0.05, 0.1) is 10.6 Å². The Morgan fingerprint density at radius 2 is 1.77 bits per heavy atom. The molecule has 1 amide bonds. The quantitative estimate of drug-likeness (QED) is 0.550. The van der Waals surface area contributed by atoms with E-state index < -0.39 is 15.9 Å². The SMILES string of the molecule is Cc1c(C(=O)Nc2ccc(Cl)cc2)oc2c1/C(=N/NS(=O)(=O)c1ccccc1)CCC2. The molecule has 2 aromatic carbocycles. The number of halogens is 1. The minimum atomic E-state index is -3.79. The summed E-state index contributed by atoms with van der Waals surface area (Å²) in [7, 11) is -3.79. The molecule has 0 atom stereocenters. The zero-order valence-electron chi connectivity index (χ0n) is 16.7. The first-order valence-electron chi connectivity index (χ1n) is 9.68. The average Bonchev–Trinajstić information content (AvgIpc) is 3.12. The fraction of sp³-hybridized carbons (Fsp3) is 0.182. The first-order valence-corrected chi connectivity index (χ1v) is 11.5. The zero-order chi connectivity index (χ0) is 22.0. The van der Waals surface area contributed by atoms with Crippen LogP contribution >= 0.6 is 11.6 Å². The van der Waals surface area contributed by atoms with Crippen LogP contribution in [0.1, 0.15) is 40.3 Å². The molecular formula is C22H20ClN3O4S. The van der Waals surface area contributed by atoms with Crippen molar-refractivity contribution in [2.75, 3.05) is 5.32 Å². The fourth-order valence-electron chi connectivity index (χ4n) is 3.49. The smallest absolute Gasteiger partial charge is 0.291 e. The number of anilines is 1. The van der Waals surface area contributed by atoms with Gasteiger partial charge >= 0.3 is 0 Å². The Kier molecular flexibility index (Phi) is 5.84. The van der Waals surface area contributed by atoms with E-state index in [0.29, 0.717) is 46.2 Å². The van der Waals surface area contributed by atoms with Crippen LogP contribution in [-0.4, -0.2) is 20.0 Å². The number of hydrogen-bond acceptors (Lipinski definition) is 5. The molecule has 1 aliphatic rings. The summed E-state index contributed by atoms with van der Waals surface area (Å²) in [5, 5.41) is 7.53. The van der Waals surface area contributed by atoms with Crippen molar-refractivity contribution < 1.29 is 17.6 Å². The van der Waals surface area contributed by atoms with Crippen molar-refractivity contribution in [1.29, 1.82) is 0 Å². The number of fused-ring (bicyclic) bond motifs is 1. The Morgan fingerprint density at radius 1 is 1.06 bits per heavy atom. The lowest BCUT2D eigenvalue weighted by atomic mass is 9.93. The minimum absolute atomic E-state index is 0.127. The van der Waals surface area contributed by atoms with Gasteiger partial charge in [-0.2, -0.15) is 18.4 Å². The molecule has 160 valence electrons. The first-order chi connectivity index (χ1) is 14.8. The molecule has 1 heterocycles. The van der Waals surface area contributed by atoms with Gasteiger partial charge in [-0.15, -0.1) is 0 Å². The maximum absolute atomic E-state index is 12.8. The van der Waals surface area contributed by atoms with Crippen LogP contribution in [0.25, 0.3) is 0 Å². The van der Waals surface area contributed by atoms with Crippen molar-refractivity contribution in [3.63, 3.8) is 0 Å². The Labute approximate surface area is 185 Å². The van der Waals surface area contributed by atoms with Gasteiger partial charge in [0.1, 0.15) is 5.76 Å². The minimum Gasteiger partial charge on any atom is -0.455 e. The number of furan rings is 1. The molecule has 0 unspecified atom stereocenters. The van der Waals surface area contributed by atoms with Crippen molar-refractivity contribution >= 4 is 38.9 Å². The average molecular weight is 458 g/mol. The predicted molar refractivity (Wildman–Crippen MR) is 119 cm³/mol. The predicted octanol–water partition coefficient (Wildman–Crippen LogP) is 4.51. The highest BCUT2D eigenvalue weighted by molar-refractivity contribution is 7.89. The van der Waals surface area contributed by atoms with Gasteiger partial charge in [-0.05, 0) is 56.2 Å². The summed E-state index contributed by atoms with van der Waals surface area (Å²) in [5.74, 6) is 0.418. The van der Waals surface area contributed by atoms with Crippen molar-refractivity contribution in [2.45, 2.75) is 31.1 Å². The number of sulfonamides is 1. The van der Waals surface area contributed by atoms with Gasteiger partial charge in [-0.1, -0.05) is 29.8 Å². The van der Waals surface area contributed by atoms with Crippen molar-refractivity contribution in [3.8, 4) is 0 Å². The maximum atomic E-state index is 12.8. The third kappa shape index (κ3) is 4.50. The number of nitrogens with one attached hydrogen (secondary N) is 2. The number of amides is 1. The molecule has 0 aliphatic heterocycles. The molecule has 1 aliphatic carbocycles. The molecule has 1 aromatic heterocycles. The van der Waals surface area contributed by atoms with Gasteiger partial charge in [0.2, 0.25) is 0 Å². The van der Waals surface area contributed by atoms with E-state index in [1.54, 1.807) is 49.4 Å². The normalized spacial score (nSPS) is 14.8. The van der Waals surface area contributed by atoms with E-state index in [-0.39, 0.29) is 10.7 Å². The summed E-state index contributed by atoms with van der Waals surface area (Å²) < 4.78 is 30.8. The lowest BCUT2D eigenvalue weighted by Gasteiger charge is -2.14. The summed E-state index contributed by atoms with van der Waals surface area (Å²) in [6.45, 7) is 1.77. The molecular weight excluding hydrogens is 438 g/mol. The number of nitrogens with zero attached hydrogens (tertiary/aromatic N) is 1. The second kappa shape index (κ2) is 8.56. The monoisotopic (exact) mass is 457 g/mol. The molecule has 0 spiro atoms. The van der Waals surface area contributed by atoms with Crippen LogP contribution in [0, 0.1) is 6.92 Å². The van der Waals surface area contributed by atoms with E-state index in [1.165, 1.54) is 12.1 Å². The highest BCUT2D eigenvalue weighted by Crippen LogP contribution is 2.30. The summed E-state index contributed by atoms with van der Waals surface area (Å²) >= 11 is 5.88. The Bertz CT molecular complexity index is 1250. The number of benzene rings is 2. The van der Waals surface area contributed by atoms with E-state index in [1.807, 2.05) is 0 Å². The molecule has 0 saturated heterocycles. The topological polar surface area (TPSA) is 101 Å². The van der Waals surface area contributed by atoms with E-state index in [0.717, 1.165) is 6.42 Å². The van der Waals surface area contributed by atoms with Crippen LogP contribution in [0.4, 0.5) is 5.69 Å². The molecule has 2 N–H and O–H groups in total. The highest BCUT2D eigenvalue weighted by Gasteiger charge is 2.28. The van der Waals surface area contributed by atoms with Gasteiger partial charge in [0.25, 0.3) is 15.9 Å². The number of rotatable bonds is 5. The maximum Gasteiger partial charge on any atom is 0.291 e. The van der Waals surface area contributed by atoms with E-state index in [4.69, 9.17) is 16.0 Å². The van der Waals surface area contributed by atoms with Crippen molar-refractivity contribution in [1.82, 2.24) is 4.83 Å². The summed E-state index contributed by atoms with van der Waals surface area (Å²) in [5.41, 5.74) is 2.45. The number of hydrogen-bond donors (Lipinski definition) is 2. The Balaban J connectivity index is 1.60. The van der Waals surface area contributed by atoms with Crippen LogP contribution in [0.5, 0.6) is 0 Å². The second-order valence-electron chi connectivity index (χ2n) is 7.14. The van der Waals surface area contributed by atoms with Gasteiger partial charge in [-0.3, -0.25) is 4.79 Å². The first kappa shape index (κ1) is 21.1. The van der Waals surface area contributed by atoms with E-state index in [2.05, 4.69) is 15.2 Å². The Hall–Kier alpha value is -3.10. The zero-order valence-corrected chi connectivity index (χ0v) is 18.3. The third-order valence-corrected chi connectivity index (χ3v) is 6.46. The molecule has 0 radical (unpaired) electrons. The molecule has 9 heteroatoms. The second-order valence-corrected chi connectivity index (χ2v) is 9.23. The Morgan fingerprint density at radius 3 is 2.48 bits per heavy atom. The lowest BCUT2D eigenvalue weighted by Crippen LogP contribution is -2.22. The molecule has 0 bridgehead atoms. The van der Waals surface area contributed by atoms with Gasteiger partial charge < -0.3 is 9.73 Å². The highest BCUT2D eigenvalue weighted by atomic mass is 35.5. The van der Waals surface area contributed by atoms with Crippen molar-refractivity contribution in [2.24, 2.45) is 5.10 Å². The number of hydrazone groups is 1. The molecule has 31 heavy (non-hydrogen) atoms. The van der Waals surface area contributed by atoms with Gasteiger partial charge in [0, 0.05) is 28.3 Å². The standard InChI is InChI=1S/C22H20ClN3O4S/c1-14-20-18(25-26-31(28,29)17-6-3-2-4-7-17)8-5-9-19(20)30-21(14)22(27)24-16-12-10-15(23)11-13-16/h2-4,6-7,10-13,26H,5,8-9H2,1H3,(H,24,27)/b25-18+. The van der Waals surface area contributed by atoms with Crippen LogP contribution in [0.3, 0.4) is 0 Å². The van der Waals surface area contributed by atoms with Crippen LogP contribution in [0.2, 0.25) is 5.02 Å². The summed E-state index contributed by atoms with van der Waals surface area (Å²) in [6.07, 6.45) is 1.96. The molecule has 7 nitrogen and oxygen atoms in total. The third-order valence-electron chi connectivity index (χ3n) is 4.99. The summed E-state index contributed by atoms with van der Waals surface area (Å²) in [6, 6.07) is 14.8. The van der Waals surface area contributed by atoms with Crippen LogP contribution in [0.15, 0.2) is 69.0 Å². The van der Waals surface area contributed by atoms with Gasteiger partial charge in [0.15, 0.2) is 5.76 Å². The lowest BCUT2D eigenvalue weighted by molar-refractivity contribution is 0.0994. The molecule has 0 fully saturated rings. The number of carbonyl (C=O) groups is 1. The van der Waals surface area contributed by atoms with Crippen LogP contribution in [-0.2, 0) is 16.4 Å². The van der Waals surface area contributed by atoms with Crippen molar-refractivity contribution in [3.05, 3.63) is 82.3 Å². The van der Waals surface area contributed by atoms with Crippen LogP contribution < -0.4 is 10.1 Å². The largest absolute Gasteiger partial charge is 0.455 e. The van der Waals surface area contributed by atoms with E-state index >= 15 is 0 Å².